The molecule has 0 bridgehead atoms. The Hall–Kier alpha value is -1.47. The summed E-state index contributed by atoms with van der Waals surface area (Å²) in [6, 6.07) is 0.175. The molecular weight excluding hydrogens is 308 g/mol. The highest BCUT2D eigenvalue weighted by Crippen LogP contribution is 2.34. The molecule has 24 heavy (non-hydrogen) atoms. The molecule has 1 aliphatic heterocycles. The number of β-amino-alcohol motifs (C(OH)–C–C–N with tert-alkyl or cyclic N) is 1. The molecule has 1 atom stereocenters. The number of amides is 1. The summed E-state index contributed by atoms with van der Waals surface area (Å²) in [5.41, 5.74) is -1.49. The van der Waals surface area contributed by atoms with Crippen molar-refractivity contribution in [2.45, 2.75) is 76.0 Å². The topological polar surface area (TPSA) is 91.5 Å². The van der Waals surface area contributed by atoms with Gasteiger partial charge in [-0.3, -0.25) is 4.79 Å². The number of hydrogen-bond donors (Lipinski definition) is 2. The molecule has 1 aromatic heterocycles. The van der Waals surface area contributed by atoms with Gasteiger partial charge in [-0.1, -0.05) is 24.5 Å². The molecule has 1 saturated heterocycles. The SMILES string of the molecule is CC(C)n1cc([C@@]2(O)CCN(C(=O)CC3(O)CCCCC3)C2)nn1. The highest BCUT2D eigenvalue weighted by Gasteiger charge is 2.43. The Morgan fingerprint density at radius 2 is 1.96 bits per heavy atom. The van der Waals surface area contributed by atoms with E-state index >= 15 is 0 Å². The van der Waals surface area contributed by atoms with Gasteiger partial charge in [0, 0.05) is 19.0 Å². The Labute approximate surface area is 142 Å². The lowest BCUT2D eigenvalue weighted by Gasteiger charge is -2.33. The fourth-order valence-electron chi connectivity index (χ4n) is 3.74. The van der Waals surface area contributed by atoms with Gasteiger partial charge in [0.15, 0.2) is 0 Å². The van der Waals surface area contributed by atoms with Crippen LogP contribution in [0.2, 0.25) is 0 Å². The number of carbonyl (C=O) groups is 1. The van der Waals surface area contributed by atoms with E-state index in [2.05, 4.69) is 10.3 Å². The van der Waals surface area contributed by atoms with Crippen LogP contribution in [0.3, 0.4) is 0 Å². The van der Waals surface area contributed by atoms with Crippen LogP contribution in [0.4, 0.5) is 0 Å². The first kappa shape index (κ1) is 17.4. The van der Waals surface area contributed by atoms with E-state index < -0.39 is 11.2 Å². The highest BCUT2D eigenvalue weighted by molar-refractivity contribution is 5.77. The molecule has 0 radical (unpaired) electrons. The predicted octanol–water partition coefficient (Wildman–Crippen LogP) is 1.36. The summed E-state index contributed by atoms with van der Waals surface area (Å²) in [6.45, 7) is 4.70. The number of hydrogen-bond acceptors (Lipinski definition) is 5. The zero-order valence-corrected chi connectivity index (χ0v) is 14.6. The molecule has 0 aromatic carbocycles. The summed E-state index contributed by atoms with van der Waals surface area (Å²) >= 11 is 0. The average Bonchev–Trinajstić information content (AvgIpc) is 3.15. The van der Waals surface area contributed by atoms with Crippen LogP contribution in [0, 0.1) is 0 Å². The minimum Gasteiger partial charge on any atom is -0.389 e. The van der Waals surface area contributed by atoms with Gasteiger partial charge in [0.2, 0.25) is 5.91 Å². The lowest BCUT2D eigenvalue weighted by Crippen LogP contribution is -2.41. The number of likely N-dealkylation sites (tertiary alicyclic amines) is 1. The van der Waals surface area contributed by atoms with Crippen molar-refractivity contribution in [3.63, 3.8) is 0 Å². The number of rotatable bonds is 4. The molecule has 134 valence electrons. The van der Waals surface area contributed by atoms with Gasteiger partial charge in [-0.15, -0.1) is 5.10 Å². The van der Waals surface area contributed by atoms with Crippen molar-refractivity contribution >= 4 is 5.91 Å². The standard InChI is InChI=1S/C17H28N4O3/c1-13(2)21-11-14(18-19-21)17(24)8-9-20(12-17)15(22)10-16(23)6-4-3-5-7-16/h11,13,23-24H,3-10,12H2,1-2H3/t17-/m1/s1. The quantitative estimate of drug-likeness (QED) is 0.866. The van der Waals surface area contributed by atoms with Crippen LogP contribution in [0.15, 0.2) is 6.20 Å². The van der Waals surface area contributed by atoms with Crippen molar-refractivity contribution in [3.8, 4) is 0 Å². The Morgan fingerprint density at radius 3 is 2.58 bits per heavy atom. The first-order valence-corrected chi connectivity index (χ1v) is 8.96. The molecule has 2 fully saturated rings. The molecule has 3 rings (SSSR count). The van der Waals surface area contributed by atoms with E-state index in [9.17, 15) is 15.0 Å². The van der Waals surface area contributed by atoms with Gasteiger partial charge in [-0.2, -0.15) is 0 Å². The average molecular weight is 336 g/mol. The Bertz CT molecular complexity index is 594. The van der Waals surface area contributed by atoms with E-state index in [0.717, 1.165) is 19.3 Å². The maximum absolute atomic E-state index is 12.6. The van der Waals surface area contributed by atoms with E-state index in [1.54, 1.807) is 15.8 Å². The molecule has 2 aliphatic rings. The molecule has 1 aliphatic carbocycles. The van der Waals surface area contributed by atoms with E-state index in [0.29, 0.717) is 31.5 Å². The lowest BCUT2D eigenvalue weighted by atomic mass is 9.82. The first-order valence-electron chi connectivity index (χ1n) is 8.96. The smallest absolute Gasteiger partial charge is 0.225 e. The summed E-state index contributed by atoms with van der Waals surface area (Å²) in [4.78, 5) is 14.2. The van der Waals surface area contributed by atoms with Crippen molar-refractivity contribution in [2.24, 2.45) is 0 Å². The zero-order valence-electron chi connectivity index (χ0n) is 14.6. The fourth-order valence-corrected chi connectivity index (χ4v) is 3.74. The van der Waals surface area contributed by atoms with Gasteiger partial charge in [-0.25, -0.2) is 4.68 Å². The predicted molar refractivity (Wildman–Crippen MR) is 88.2 cm³/mol. The third-order valence-corrected chi connectivity index (χ3v) is 5.38. The Kier molecular flexibility index (Phi) is 4.66. The van der Waals surface area contributed by atoms with Gasteiger partial charge in [0.05, 0.1) is 24.8 Å². The minimum absolute atomic E-state index is 0.0772. The van der Waals surface area contributed by atoms with Crippen molar-refractivity contribution in [1.29, 1.82) is 0 Å². The van der Waals surface area contributed by atoms with Gasteiger partial charge in [-0.05, 0) is 26.7 Å². The second-order valence-corrected chi connectivity index (χ2v) is 7.74. The third-order valence-electron chi connectivity index (χ3n) is 5.38. The van der Waals surface area contributed by atoms with Gasteiger partial charge in [0.1, 0.15) is 11.3 Å². The molecule has 1 aromatic rings. The molecular formula is C17H28N4O3. The van der Waals surface area contributed by atoms with E-state index in [1.807, 2.05) is 13.8 Å². The highest BCUT2D eigenvalue weighted by atomic mass is 16.3. The van der Waals surface area contributed by atoms with Crippen LogP contribution in [0.25, 0.3) is 0 Å². The molecule has 1 amide bonds. The number of aromatic nitrogens is 3. The summed E-state index contributed by atoms with van der Waals surface area (Å²) in [5.74, 6) is -0.0772. The summed E-state index contributed by atoms with van der Waals surface area (Å²) in [5, 5.41) is 29.6. The minimum atomic E-state index is -1.14. The van der Waals surface area contributed by atoms with Crippen LogP contribution >= 0.6 is 0 Å². The molecule has 2 heterocycles. The monoisotopic (exact) mass is 336 g/mol. The van der Waals surface area contributed by atoms with Crippen molar-refractivity contribution in [2.75, 3.05) is 13.1 Å². The molecule has 7 heteroatoms. The van der Waals surface area contributed by atoms with Gasteiger partial charge >= 0.3 is 0 Å². The third kappa shape index (κ3) is 3.47. The van der Waals surface area contributed by atoms with Crippen LogP contribution in [-0.2, 0) is 10.4 Å². The maximum atomic E-state index is 12.6. The lowest BCUT2D eigenvalue weighted by molar-refractivity contribution is -0.137. The van der Waals surface area contributed by atoms with Crippen molar-refractivity contribution < 1.29 is 15.0 Å². The molecule has 7 nitrogen and oxygen atoms in total. The number of carbonyl (C=O) groups excluding carboxylic acids is 1. The van der Waals surface area contributed by atoms with Gasteiger partial charge < -0.3 is 15.1 Å². The van der Waals surface area contributed by atoms with Crippen molar-refractivity contribution in [3.05, 3.63) is 11.9 Å². The molecule has 0 spiro atoms. The summed E-state index contributed by atoms with van der Waals surface area (Å²) < 4.78 is 1.71. The fraction of sp³-hybridized carbons (Fsp3) is 0.824. The molecule has 0 unspecified atom stereocenters. The number of nitrogens with zero attached hydrogens (tertiary/aromatic N) is 4. The zero-order chi connectivity index (χ0) is 17.4. The summed E-state index contributed by atoms with van der Waals surface area (Å²) in [6.07, 6.45) is 6.84. The number of aliphatic hydroxyl groups is 2. The van der Waals surface area contributed by atoms with Crippen LogP contribution < -0.4 is 0 Å². The van der Waals surface area contributed by atoms with Crippen LogP contribution in [0.5, 0.6) is 0 Å². The maximum Gasteiger partial charge on any atom is 0.225 e. The largest absolute Gasteiger partial charge is 0.389 e. The Morgan fingerprint density at radius 1 is 1.25 bits per heavy atom. The van der Waals surface area contributed by atoms with Crippen molar-refractivity contribution in [1.82, 2.24) is 19.9 Å². The molecule has 2 N–H and O–H groups in total. The first-order chi connectivity index (χ1) is 11.3. The van der Waals surface area contributed by atoms with E-state index in [4.69, 9.17) is 0 Å². The normalized spacial score (nSPS) is 27.0. The van der Waals surface area contributed by atoms with E-state index in [-0.39, 0.29) is 24.9 Å². The summed E-state index contributed by atoms with van der Waals surface area (Å²) in [7, 11) is 0. The Balaban J connectivity index is 1.64. The second-order valence-electron chi connectivity index (χ2n) is 7.74. The second kappa shape index (κ2) is 6.44. The van der Waals surface area contributed by atoms with Crippen LogP contribution in [0.1, 0.15) is 70.5 Å². The molecule has 1 saturated carbocycles. The van der Waals surface area contributed by atoms with Gasteiger partial charge in [0.25, 0.3) is 0 Å². The van der Waals surface area contributed by atoms with Crippen LogP contribution in [-0.4, -0.2) is 54.7 Å². The van der Waals surface area contributed by atoms with E-state index in [1.165, 1.54) is 0 Å².